The Morgan fingerprint density at radius 1 is 1.18 bits per heavy atom. The molecule has 2 bridgehead atoms. The molecule has 3 aliphatic carbocycles. The SMILES string of the molecule is Cc1cc(-c2c(-c3cccc(C#N)c3)nn3ccc(NC45CC(C(=O)O)(C4)C5)nc23)cc(Cl)n1. The van der Waals surface area contributed by atoms with Crippen LogP contribution in [-0.4, -0.2) is 36.2 Å². The zero-order valence-corrected chi connectivity index (χ0v) is 19.0. The molecule has 0 amide bonds. The summed E-state index contributed by atoms with van der Waals surface area (Å²) in [5.41, 5.74) is 4.24. The first-order valence-electron chi connectivity index (χ1n) is 10.9. The summed E-state index contributed by atoms with van der Waals surface area (Å²) >= 11 is 6.29. The van der Waals surface area contributed by atoms with E-state index in [9.17, 15) is 15.2 Å². The Balaban J connectivity index is 1.48. The van der Waals surface area contributed by atoms with Crippen molar-refractivity contribution in [3.8, 4) is 28.5 Å². The van der Waals surface area contributed by atoms with Gasteiger partial charge in [0, 0.05) is 23.0 Å². The monoisotopic (exact) mass is 470 g/mol. The van der Waals surface area contributed by atoms with Gasteiger partial charge in [-0.3, -0.25) is 4.79 Å². The number of rotatable bonds is 5. The molecule has 0 radical (unpaired) electrons. The first-order valence-corrected chi connectivity index (χ1v) is 11.2. The van der Waals surface area contributed by atoms with Crippen molar-refractivity contribution >= 4 is 29.0 Å². The lowest BCUT2D eigenvalue weighted by Crippen LogP contribution is -2.73. The second kappa shape index (κ2) is 7.02. The highest BCUT2D eigenvalue weighted by Gasteiger charge is 2.72. The largest absolute Gasteiger partial charge is 0.481 e. The summed E-state index contributed by atoms with van der Waals surface area (Å²) in [4.78, 5) is 20.6. The number of aromatic nitrogens is 4. The van der Waals surface area contributed by atoms with Crippen LogP contribution in [0.5, 0.6) is 0 Å². The van der Waals surface area contributed by atoms with Crippen LogP contribution >= 0.6 is 11.6 Å². The average molecular weight is 471 g/mol. The summed E-state index contributed by atoms with van der Waals surface area (Å²) in [5.74, 6) is -0.0478. The summed E-state index contributed by atoms with van der Waals surface area (Å²) < 4.78 is 1.71. The molecule has 2 N–H and O–H groups in total. The van der Waals surface area contributed by atoms with Crippen LogP contribution in [0.2, 0.25) is 5.15 Å². The molecule has 3 aromatic heterocycles. The van der Waals surface area contributed by atoms with Gasteiger partial charge in [-0.1, -0.05) is 23.7 Å². The van der Waals surface area contributed by atoms with E-state index in [4.69, 9.17) is 21.7 Å². The van der Waals surface area contributed by atoms with Gasteiger partial charge in [0.2, 0.25) is 0 Å². The lowest BCUT2D eigenvalue weighted by atomic mass is 9.39. The second-order valence-electron chi connectivity index (χ2n) is 9.34. The molecule has 3 fully saturated rings. The molecule has 1 aromatic carbocycles. The van der Waals surface area contributed by atoms with E-state index in [2.05, 4.69) is 16.4 Å². The molecule has 3 heterocycles. The Hall–Kier alpha value is -3.96. The van der Waals surface area contributed by atoms with Gasteiger partial charge in [-0.25, -0.2) is 14.5 Å². The molecular weight excluding hydrogens is 452 g/mol. The van der Waals surface area contributed by atoms with E-state index in [0.29, 0.717) is 47.1 Å². The van der Waals surface area contributed by atoms with Crippen molar-refractivity contribution in [3.63, 3.8) is 0 Å². The summed E-state index contributed by atoms with van der Waals surface area (Å²) in [7, 11) is 0. The number of fused-ring (bicyclic) bond motifs is 1. The number of aliphatic carboxylic acids is 1. The number of nitrogens with one attached hydrogen (secondary N) is 1. The number of carboxylic acid groups (broad SMARTS) is 1. The molecule has 0 aliphatic heterocycles. The van der Waals surface area contributed by atoms with Crippen molar-refractivity contribution in [2.24, 2.45) is 5.41 Å². The number of halogens is 1. The zero-order chi connectivity index (χ0) is 23.7. The predicted molar refractivity (Wildman–Crippen MR) is 126 cm³/mol. The molecule has 8 nitrogen and oxygen atoms in total. The van der Waals surface area contributed by atoms with Crippen LogP contribution in [0.15, 0.2) is 48.7 Å². The van der Waals surface area contributed by atoms with Crippen LogP contribution < -0.4 is 5.32 Å². The van der Waals surface area contributed by atoms with Crippen LogP contribution in [0.1, 0.15) is 30.5 Å². The Labute approximate surface area is 199 Å². The van der Waals surface area contributed by atoms with E-state index in [1.54, 1.807) is 22.7 Å². The van der Waals surface area contributed by atoms with Crippen molar-refractivity contribution in [1.82, 2.24) is 19.6 Å². The van der Waals surface area contributed by atoms with Gasteiger partial charge in [0.1, 0.15) is 16.7 Å². The third kappa shape index (κ3) is 3.05. The standard InChI is InChI=1S/C25H19ClN6O2/c1-14-7-17(9-18(26)28-14)20-21(16-4-2-3-15(8-16)10-27)31-32-6-5-19(29-22(20)32)30-25-11-24(12-25,13-25)23(33)34/h2-9H,11-13H2,1H3,(H,29,30)(H,33,34). The van der Waals surface area contributed by atoms with Gasteiger partial charge in [0.15, 0.2) is 5.65 Å². The molecule has 0 atom stereocenters. The molecule has 0 saturated heterocycles. The molecule has 34 heavy (non-hydrogen) atoms. The first kappa shape index (κ1) is 20.6. The van der Waals surface area contributed by atoms with Gasteiger partial charge < -0.3 is 10.4 Å². The van der Waals surface area contributed by atoms with E-state index in [1.165, 1.54) is 0 Å². The fraction of sp³-hybridized carbons (Fsp3) is 0.240. The number of anilines is 1. The maximum Gasteiger partial charge on any atom is 0.309 e. The molecule has 9 heteroatoms. The number of pyridine rings is 1. The highest BCUT2D eigenvalue weighted by Crippen LogP contribution is 2.68. The lowest BCUT2D eigenvalue weighted by molar-refractivity contribution is -0.186. The van der Waals surface area contributed by atoms with Crippen molar-refractivity contribution in [3.05, 3.63) is 65.1 Å². The number of aryl methyl sites for hydroxylation is 1. The zero-order valence-electron chi connectivity index (χ0n) is 18.2. The summed E-state index contributed by atoms with van der Waals surface area (Å²) in [6.07, 6.45) is 3.67. The minimum Gasteiger partial charge on any atom is -0.481 e. The van der Waals surface area contributed by atoms with E-state index < -0.39 is 11.4 Å². The minimum atomic E-state index is -0.716. The van der Waals surface area contributed by atoms with E-state index in [0.717, 1.165) is 22.4 Å². The number of carbonyl (C=O) groups is 1. The van der Waals surface area contributed by atoms with E-state index in [-0.39, 0.29) is 5.54 Å². The van der Waals surface area contributed by atoms with Crippen molar-refractivity contribution < 1.29 is 9.90 Å². The van der Waals surface area contributed by atoms with Gasteiger partial charge in [0.25, 0.3) is 0 Å². The predicted octanol–water partition coefficient (Wildman–Crippen LogP) is 4.71. The second-order valence-corrected chi connectivity index (χ2v) is 9.73. The Morgan fingerprint density at radius 2 is 1.97 bits per heavy atom. The highest BCUT2D eigenvalue weighted by molar-refractivity contribution is 6.29. The molecule has 3 aliphatic rings. The lowest BCUT2D eigenvalue weighted by Gasteiger charge is -2.68. The van der Waals surface area contributed by atoms with Crippen LogP contribution in [0, 0.1) is 23.7 Å². The molecule has 4 aromatic rings. The smallest absolute Gasteiger partial charge is 0.309 e. The molecule has 0 unspecified atom stereocenters. The molecule has 3 saturated carbocycles. The molecule has 0 spiro atoms. The van der Waals surface area contributed by atoms with Crippen LogP contribution in [-0.2, 0) is 4.79 Å². The normalized spacial score (nSPS) is 22.5. The Bertz CT molecular complexity index is 1510. The number of benzene rings is 1. The van der Waals surface area contributed by atoms with Gasteiger partial charge in [-0.15, -0.1) is 0 Å². The van der Waals surface area contributed by atoms with E-state index >= 15 is 0 Å². The number of nitriles is 1. The van der Waals surface area contributed by atoms with Crippen LogP contribution in [0.4, 0.5) is 5.82 Å². The van der Waals surface area contributed by atoms with E-state index in [1.807, 2.05) is 37.4 Å². The topological polar surface area (TPSA) is 116 Å². The highest BCUT2D eigenvalue weighted by atomic mass is 35.5. The number of nitrogens with zero attached hydrogens (tertiary/aromatic N) is 5. The van der Waals surface area contributed by atoms with Crippen molar-refractivity contribution in [1.29, 1.82) is 5.26 Å². The van der Waals surface area contributed by atoms with Gasteiger partial charge in [0.05, 0.1) is 22.6 Å². The molecule has 7 rings (SSSR count). The van der Waals surface area contributed by atoms with Gasteiger partial charge in [-0.2, -0.15) is 10.4 Å². The maximum absolute atomic E-state index is 11.5. The average Bonchev–Trinajstić information content (AvgIpc) is 3.13. The number of hydrogen-bond acceptors (Lipinski definition) is 6. The van der Waals surface area contributed by atoms with Crippen molar-refractivity contribution in [2.75, 3.05) is 5.32 Å². The summed E-state index contributed by atoms with van der Waals surface area (Å²) in [6, 6.07) is 15.0. The minimum absolute atomic E-state index is 0.204. The number of carboxylic acids is 1. The molecule has 168 valence electrons. The Kier molecular flexibility index (Phi) is 4.26. The maximum atomic E-state index is 11.5. The quantitative estimate of drug-likeness (QED) is 0.405. The van der Waals surface area contributed by atoms with Gasteiger partial charge in [-0.05, 0) is 62.1 Å². The summed E-state index contributed by atoms with van der Waals surface area (Å²) in [6.45, 7) is 1.87. The van der Waals surface area contributed by atoms with Crippen molar-refractivity contribution in [2.45, 2.75) is 31.7 Å². The fourth-order valence-electron chi connectivity index (χ4n) is 5.39. The third-order valence-electron chi connectivity index (χ3n) is 6.84. The fourth-order valence-corrected chi connectivity index (χ4v) is 5.64. The Morgan fingerprint density at radius 3 is 2.68 bits per heavy atom. The summed E-state index contributed by atoms with van der Waals surface area (Å²) in [5, 5.41) is 27.4. The molecular formula is C25H19ClN6O2. The van der Waals surface area contributed by atoms with Crippen LogP contribution in [0.3, 0.4) is 0 Å². The van der Waals surface area contributed by atoms with Crippen LogP contribution in [0.25, 0.3) is 28.0 Å². The third-order valence-corrected chi connectivity index (χ3v) is 7.03. The van der Waals surface area contributed by atoms with Gasteiger partial charge >= 0.3 is 5.97 Å². The number of hydrogen-bond donors (Lipinski definition) is 2. The first-order chi connectivity index (χ1) is 16.3.